The SMILES string of the molecule is O=C(O)CCOCCc1c(F)cccc1Cl. The molecule has 0 aliphatic carbocycles. The maximum atomic E-state index is 13.3. The molecule has 1 N–H and O–H groups in total. The standard InChI is InChI=1S/C11H12ClFO3/c12-9-2-1-3-10(13)8(9)4-6-16-7-5-11(14)15/h1-3H,4-7H2,(H,14,15). The summed E-state index contributed by atoms with van der Waals surface area (Å²) in [5, 5.41) is 8.72. The summed E-state index contributed by atoms with van der Waals surface area (Å²) in [4.78, 5) is 10.2. The van der Waals surface area contributed by atoms with Gasteiger partial charge in [-0.15, -0.1) is 0 Å². The average Bonchev–Trinajstić information content (AvgIpc) is 2.21. The van der Waals surface area contributed by atoms with Crippen molar-refractivity contribution in [3.05, 3.63) is 34.6 Å². The number of hydrogen-bond donors (Lipinski definition) is 1. The zero-order valence-corrected chi connectivity index (χ0v) is 9.34. The molecule has 0 spiro atoms. The van der Waals surface area contributed by atoms with Crippen molar-refractivity contribution in [1.29, 1.82) is 0 Å². The van der Waals surface area contributed by atoms with Gasteiger partial charge >= 0.3 is 5.97 Å². The molecule has 0 aliphatic rings. The van der Waals surface area contributed by atoms with Gasteiger partial charge in [0.25, 0.3) is 0 Å². The van der Waals surface area contributed by atoms with Crippen LogP contribution in [0.1, 0.15) is 12.0 Å². The van der Waals surface area contributed by atoms with Crippen LogP contribution in [0, 0.1) is 5.82 Å². The van der Waals surface area contributed by atoms with Gasteiger partial charge in [-0.25, -0.2) is 4.39 Å². The molecule has 88 valence electrons. The second kappa shape index (κ2) is 6.45. The van der Waals surface area contributed by atoms with Gasteiger partial charge in [0.05, 0.1) is 19.6 Å². The van der Waals surface area contributed by atoms with E-state index in [-0.39, 0.29) is 25.5 Å². The minimum absolute atomic E-state index is 0.0506. The Hall–Kier alpha value is -1.13. The molecule has 1 aromatic rings. The van der Waals surface area contributed by atoms with Gasteiger partial charge in [-0.05, 0) is 12.1 Å². The number of carboxylic acids is 1. The first-order valence-electron chi connectivity index (χ1n) is 4.83. The molecule has 0 aromatic heterocycles. The van der Waals surface area contributed by atoms with Crippen LogP contribution >= 0.6 is 11.6 Å². The molecule has 0 aliphatic heterocycles. The number of hydrogen-bond acceptors (Lipinski definition) is 2. The van der Waals surface area contributed by atoms with E-state index in [1.807, 2.05) is 0 Å². The van der Waals surface area contributed by atoms with Crippen LogP contribution in [0.4, 0.5) is 4.39 Å². The van der Waals surface area contributed by atoms with Crippen molar-refractivity contribution in [2.45, 2.75) is 12.8 Å². The van der Waals surface area contributed by atoms with Gasteiger partial charge in [0.15, 0.2) is 0 Å². The van der Waals surface area contributed by atoms with Gasteiger partial charge in [-0.2, -0.15) is 0 Å². The van der Waals surface area contributed by atoms with Crippen LogP contribution in [0.15, 0.2) is 18.2 Å². The maximum Gasteiger partial charge on any atom is 0.305 e. The van der Waals surface area contributed by atoms with Crippen LogP contribution < -0.4 is 0 Å². The van der Waals surface area contributed by atoms with E-state index in [0.29, 0.717) is 17.0 Å². The first-order valence-corrected chi connectivity index (χ1v) is 5.21. The molecule has 0 saturated carbocycles. The van der Waals surface area contributed by atoms with Gasteiger partial charge < -0.3 is 9.84 Å². The monoisotopic (exact) mass is 246 g/mol. The molecular formula is C11H12ClFO3. The van der Waals surface area contributed by atoms with E-state index in [1.165, 1.54) is 12.1 Å². The minimum Gasteiger partial charge on any atom is -0.481 e. The molecule has 0 unspecified atom stereocenters. The number of ether oxygens (including phenoxy) is 1. The van der Waals surface area contributed by atoms with Gasteiger partial charge in [0.1, 0.15) is 5.82 Å². The van der Waals surface area contributed by atoms with Gasteiger partial charge in [0, 0.05) is 17.0 Å². The first-order chi connectivity index (χ1) is 7.61. The Morgan fingerprint density at radius 1 is 1.44 bits per heavy atom. The lowest BCUT2D eigenvalue weighted by Gasteiger charge is -2.06. The van der Waals surface area contributed by atoms with Crippen LogP contribution in [0.5, 0.6) is 0 Å². The van der Waals surface area contributed by atoms with Crippen molar-refractivity contribution in [1.82, 2.24) is 0 Å². The maximum absolute atomic E-state index is 13.3. The highest BCUT2D eigenvalue weighted by molar-refractivity contribution is 6.31. The Kier molecular flexibility index (Phi) is 5.22. The van der Waals surface area contributed by atoms with Crippen molar-refractivity contribution < 1.29 is 19.0 Å². The fourth-order valence-corrected chi connectivity index (χ4v) is 1.46. The summed E-state index contributed by atoms with van der Waals surface area (Å²) in [5.41, 5.74) is 0.402. The number of carboxylic acid groups (broad SMARTS) is 1. The molecule has 0 saturated heterocycles. The summed E-state index contributed by atoms with van der Waals surface area (Å²) < 4.78 is 18.3. The predicted molar refractivity (Wildman–Crippen MR) is 58.2 cm³/mol. The third kappa shape index (κ3) is 4.16. The molecule has 0 fully saturated rings. The van der Waals surface area contributed by atoms with Crippen LogP contribution in [0.25, 0.3) is 0 Å². The lowest BCUT2D eigenvalue weighted by atomic mass is 10.1. The molecule has 0 bridgehead atoms. The van der Waals surface area contributed by atoms with E-state index in [0.717, 1.165) is 0 Å². The lowest BCUT2D eigenvalue weighted by molar-refractivity contribution is -0.138. The molecule has 0 heterocycles. The van der Waals surface area contributed by atoms with E-state index in [1.54, 1.807) is 6.07 Å². The summed E-state index contributed by atoms with van der Waals surface area (Å²) in [7, 11) is 0. The molecule has 5 heteroatoms. The molecule has 0 atom stereocenters. The predicted octanol–water partition coefficient (Wildman–Crippen LogP) is 2.51. The van der Waals surface area contributed by atoms with Crippen LogP contribution in [-0.2, 0) is 16.0 Å². The normalized spacial score (nSPS) is 10.4. The number of benzene rings is 1. The third-order valence-electron chi connectivity index (χ3n) is 2.02. The van der Waals surface area contributed by atoms with Gasteiger partial charge in [-0.1, -0.05) is 17.7 Å². The Morgan fingerprint density at radius 2 is 2.19 bits per heavy atom. The second-order valence-corrected chi connectivity index (χ2v) is 3.61. The number of carbonyl (C=O) groups is 1. The summed E-state index contributed by atoms with van der Waals surface area (Å²) in [6, 6.07) is 4.47. The Bertz CT molecular complexity index is 348. The van der Waals surface area contributed by atoms with E-state index in [2.05, 4.69) is 0 Å². The molecule has 1 rings (SSSR count). The largest absolute Gasteiger partial charge is 0.481 e. The van der Waals surface area contributed by atoms with E-state index in [9.17, 15) is 9.18 Å². The summed E-state index contributed by atoms with van der Waals surface area (Å²) in [6.07, 6.45) is 0.288. The average molecular weight is 247 g/mol. The lowest BCUT2D eigenvalue weighted by Crippen LogP contribution is -2.06. The summed E-state index contributed by atoms with van der Waals surface area (Å²) in [5.74, 6) is -1.28. The van der Waals surface area contributed by atoms with E-state index < -0.39 is 5.97 Å². The molecule has 16 heavy (non-hydrogen) atoms. The number of halogens is 2. The van der Waals surface area contributed by atoms with Crippen molar-refractivity contribution in [2.24, 2.45) is 0 Å². The quantitative estimate of drug-likeness (QED) is 0.785. The molecule has 1 aromatic carbocycles. The number of aliphatic carboxylic acids is 1. The zero-order chi connectivity index (χ0) is 12.0. The smallest absolute Gasteiger partial charge is 0.305 e. The highest BCUT2D eigenvalue weighted by Gasteiger charge is 2.06. The first kappa shape index (κ1) is 12.9. The van der Waals surface area contributed by atoms with Crippen molar-refractivity contribution >= 4 is 17.6 Å². The van der Waals surface area contributed by atoms with E-state index >= 15 is 0 Å². The van der Waals surface area contributed by atoms with Gasteiger partial charge in [0.2, 0.25) is 0 Å². The van der Waals surface area contributed by atoms with Crippen molar-refractivity contribution in [2.75, 3.05) is 13.2 Å². The molecule has 0 amide bonds. The topological polar surface area (TPSA) is 46.5 Å². The molecular weight excluding hydrogens is 235 g/mol. The minimum atomic E-state index is -0.913. The van der Waals surface area contributed by atoms with Crippen molar-refractivity contribution in [3.8, 4) is 0 Å². The highest BCUT2D eigenvalue weighted by atomic mass is 35.5. The third-order valence-corrected chi connectivity index (χ3v) is 2.37. The van der Waals surface area contributed by atoms with Crippen LogP contribution in [0.2, 0.25) is 5.02 Å². The highest BCUT2D eigenvalue weighted by Crippen LogP contribution is 2.19. The summed E-state index contributed by atoms with van der Waals surface area (Å²) in [6.45, 7) is 0.384. The Morgan fingerprint density at radius 3 is 2.81 bits per heavy atom. The fraction of sp³-hybridized carbons (Fsp3) is 0.364. The molecule has 0 radical (unpaired) electrons. The zero-order valence-electron chi connectivity index (χ0n) is 8.58. The Balaban J connectivity index is 2.34. The van der Waals surface area contributed by atoms with Gasteiger partial charge in [-0.3, -0.25) is 4.79 Å². The second-order valence-electron chi connectivity index (χ2n) is 3.21. The fourth-order valence-electron chi connectivity index (χ4n) is 1.21. The van der Waals surface area contributed by atoms with E-state index in [4.69, 9.17) is 21.4 Å². The number of rotatable bonds is 6. The molecule has 3 nitrogen and oxygen atoms in total. The van der Waals surface area contributed by atoms with Crippen molar-refractivity contribution in [3.63, 3.8) is 0 Å². The van der Waals surface area contributed by atoms with Crippen LogP contribution in [-0.4, -0.2) is 24.3 Å². The Labute approximate surface area is 97.8 Å². The van der Waals surface area contributed by atoms with Crippen LogP contribution in [0.3, 0.4) is 0 Å². The summed E-state index contributed by atoms with van der Waals surface area (Å²) >= 11 is 5.80.